The van der Waals surface area contributed by atoms with Crippen LogP contribution >= 0.6 is 0 Å². The number of amides is 2. The van der Waals surface area contributed by atoms with Gasteiger partial charge in [0, 0.05) is 24.3 Å². The first-order chi connectivity index (χ1) is 16.4. The molecular weight excluding hydrogens is 444 g/mol. The number of carbonyl (C=O) groups excluding carboxylic acids is 2. The summed E-state index contributed by atoms with van der Waals surface area (Å²) >= 11 is 0. The predicted octanol–water partition coefficient (Wildman–Crippen LogP) is 3.55. The van der Waals surface area contributed by atoms with E-state index in [-0.39, 0.29) is 17.1 Å². The van der Waals surface area contributed by atoms with Gasteiger partial charge in [0.05, 0.1) is 27.3 Å². The Morgan fingerprint density at radius 2 is 1.41 bits per heavy atom. The quantitative estimate of drug-likeness (QED) is 0.320. The molecule has 2 aliphatic rings. The summed E-state index contributed by atoms with van der Waals surface area (Å²) in [5.41, 5.74) is 0.897. The lowest BCUT2D eigenvalue weighted by Gasteiger charge is -2.28. The predicted molar refractivity (Wildman–Crippen MR) is 119 cm³/mol. The smallest absolute Gasteiger partial charge is 0.271 e. The van der Waals surface area contributed by atoms with E-state index >= 15 is 0 Å². The molecule has 0 aliphatic carbocycles. The highest BCUT2D eigenvalue weighted by Crippen LogP contribution is 2.48. The first kappa shape index (κ1) is 21.2. The highest BCUT2D eigenvalue weighted by molar-refractivity contribution is 6.24. The van der Waals surface area contributed by atoms with Gasteiger partial charge in [-0.2, -0.15) is 0 Å². The maximum absolute atomic E-state index is 13.5. The number of carbonyl (C=O) groups is 2. The summed E-state index contributed by atoms with van der Waals surface area (Å²) < 4.78 is 0. The van der Waals surface area contributed by atoms with Crippen LogP contribution in [0.4, 0.5) is 22.7 Å². The third-order valence-electron chi connectivity index (χ3n) is 5.87. The van der Waals surface area contributed by atoms with Crippen molar-refractivity contribution in [1.29, 1.82) is 0 Å². The third-order valence-corrected chi connectivity index (χ3v) is 5.87. The number of non-ortho nitro benzene ring substituents is 2. The largest absolute Gasteiger partial charge is 0.273 e. The Balaban J connectivity index is 1.55. The lowest BCUT2D eigenvalue weighted by atomic mass is 9.90. The molecule has 0 N–H and O–H groups in total. The van der Waals surface area contributed by atoms with Crippen LogP contribution in [0.5, 0.6) is 0 Å². The van der Waals surface area contributed by atoms with E-state index in [9.17, 15) is 29.8 Å². The first-order valence-electron chi connectivity index (χ1n) is 10.2. The van der Waals surface area contributed by atoms with E-state index in [1.807, 2.05) is 0 Å². The number of rotatable bonds is 5. The summed E-state index contributed by atoms with van der Waals surface area (Å²) in [6.07, 6.45) is -1.16. The van der Waals surface area contributed by atoms with Crippen LogP contribution < -0.4 is 9.96 Å². The fraction of sp³-hybridized carbons (Fsp3) is 0.130. The Labute approximate surface area is 192 Å². The van der Waals surface area contributed by atoms with Crippen molar-refractivity contribution >= 4 is 34.6 Å². The van der Waals surface area contributed by atoms with E-state index in [4.69, 9.17) is 4.84 Å². The molecule has 3 aromatic rings. The normalized spacial score (nSPS) is 21.6. The number of benzene rings is 3. The highest BCUT2D eigenvalue weighted by atomic mass is 16.7. The molecule has 2 fully saturated rings. The van der Waals surface area contributed by atoms with E-state index < -0.39 is 39.7 Å². The molecule has 0 bridgehead atoms. The standard InChI is InChI=1S/C23H16N4O7/c28-22-19-20(14-5-2-1-3-6-14)25(17-7-4-8-18(13-17)27(32)33)34-21(19)23(29)24(22)15-9-11-16(12-10-15)26(30)31/h1-13,19-21H/t19-,20-,21-/m1/s1. The van der Waals surface area contributed by atoms with Crippen LogP contribution in [-0.4, -0.2) is 27.8 Å². The number of hydrogen-bond donors (Lipinski definition) is 0. The minimum Gasteiger partial charge on any atom is -0.273 e. The number of hydrogen-bond acceptors (Lipinski definition) is 8. The monoisotopic (exact) mass is 460 g/mol. The maximum Gasteiger partial charge on any atom is 0.271 e. The molecule has 3 aromatic carbocycles. The molecule has 2 saturated heterocycles. The number of fused-ring (bicyclic) bond motifs is 1. The van der Waals surface area contributed by atoms with Crippen LogP contribution in [0.1, 0.15) is 11.6 Å². The highest BCUT2D eigenvalue weighted by Gasteiger charge is 2.60. The lowest BCUT2D eigenvalue weighted by Crippen LogP contribution is -2.37. The molecule has 5 rings (SSSR count). The Morgan fingerprint density at radius 1 is 0.735 bits per heavy atom. The first-order valence-corrected chi connectivity index (χ1v) is 10.2. The number of nitrogens with zero attached hydrogens (tertiary/aromatic N) is 4. The number of hydroxylamine groups is 1. The van der Waals surface area contributed by atoms with Gasteiger partial charge in [-0.3, -0.25) is 34.7 Å². The van der Waals surface area contributed by atoms with E-state index in [1.54, 1.807) is 36.4 Å². The number of anilines is 2. The molecule has 2 heterocycles. The van der Waals surface area contributed by atoms with Gasteiger partial charge in [0.25, 0.3) is 17.3 Å². The molecule has 0 unspecified atom stereocenters. The summed E-state index contributed by atoms with van der Waals surface area (Å²) in [5.74, 6) is -2.06. The SMILES string of the molecule is O=C1[C@@H]2[C@@H](c3ccccc3)N(c3cccc([N+](=O)[O-])c3)O[C@H]2C(=O)N1c1ccc([N+](=O)[O-])cc1. The second-order valence-electron chi connectivity index (χ2n) is 7.80. The second-order valence-corrected chi connectivity index (χ2v) is 7.80. The van der Waals surface area contributed by atoms with Crippen molar-refractivity contribution in [2.24, 2.45) is 5.92 Å². The van der Waals surface area contributed by atoms with Gasteiger partial charge < -0.3 is 0 Å². The van der Waals surface area contributed by atoms with Crippen LogP contribution in [-0.2, 0) is 14.4 Å². The van der Waals surface area contributed by atoms with E-state index in [2.05, 4.69) is 0 Å². The van der Waals surface area contributed by atoms with Gasteiger partial charge in [0.2, 0.25) is 5.91 Å². The summed E-state index contributed by atoms with van der Waals surface area (Å²) in [7, 11) is 0. The molecule has 2 aliphatic heterocycles. The van der Waals surface area contributed by atoms with Crippen molar-refractivity contribution in [3.8, 4) is 0 Å². The molecule has 0 spiro atoms. The zero-order valence-corrected chi connectivity index (χ0v) is 17.4. The van der Waals surface area contributed by atoms with Crippen molar-refractivity contribution in [2.45, 2.75) is 12.1 Å². The Bertz CT molecular complexity index is 1310. The van der Waals surface area contributed by atoms with Crippen LogP contribution in [0, 0.1) is 26.1 Å². The molecular formula is C23H16N4O7. The third kappa shape index (κ3) is 3.35. The van der Waals surface area contributed by atoms with Gasteiger partial charge in [0.1, 0.15) is 5.92 Å². The average Bonchev–Trinajstić information content (AvgIpc) is 3.35. The number of nitro groups is 2. The molecule has 3 atom stereocenters. The number of imide groups is 1. The van der Waals surface area contributed by atoms with Crippen molar-refractivity contribution in [3.05, 3.63) is 105 Å². The molecule has 34 heavy (non-hydrogen) atoms. The van der Waals surface area contributed by atoms with Crippen molar-refractivity contribution < 1.29 is 24.3 Å². The molecule has 0 saturated carbocycles. The summed E-state index contributed by atoms with van der Waals surface area (Å²) in [6.45, 7) is 0. The van der Waals surface area contributed by atoms with Gasteiger partial charge in [-0.25, -0.2) is 9.96 Å². The summed E-state index contributed by atoms with van der Waals surface area (Å²) in [6, 6.07) is 19.1. The van der Waals surface area contributed by atoms with E-state index in [0.717, 1.165) is 4.90 Å². The molecule has 11 heteroatoms. The van der Waals surface area contributed by atoms with Crippen molar-refractivity contribution in [1.82, 2.24) is 0 Å². The van der Waals surface area contributed by atoms with Gasteiger partial charge in [0.15, 0.2) is 6.10 Å². The Hall–Kier alpha value is -4.64. The minimum atomic E-state index is -1.16. The zero-order valence-electron chi connectivity index (χ0n) is 17.4. The summed E-state index contributed by atoms with van der Waals surface area (Å²) in [4.78, 5) is 54.8. The van der Waals surface area contributed by atoms with E-state index in [1.165, 1.54) is 47.5 Å². The molecule has 170 valence electrons. The van der Waals surface area contributed by atoms with Crippen LogP contribution in [0.2, 0.25) is 0 Å². The van der Waals surface area contributed by atoms with Gasteiger partial charge in [-0.15, -0.1) is 0 Å². The summed E-state index contributed by atoms with van der Waals surface area (Å²) in [5, 5.41) is 23.6. The van der Waals surface area contributed by atoms with Crippen LogP contribution in [0.25, 0.3) is 0 Å². The van der Waals surface area contributed by atoms with Gasteiger partial charge in [-0.1, -0.05) is 36.4 Å². The second kappa shape index (κ2) is 8.05. The molecule has 0 aromatic heterocycles. The van der Waals surface area contributed by atoms with Crippen molar-refractivity contribution in [2.75, 3.05) is 9.96 Å². The van der Waals surface area contributed by atoms with Crippen LogP contribution in [0.15, 0.2) is 78.9 Å². The zero-order chi connectivity index (χ0) is 24.0. The van der Waals surface area contributed by atoms with Gasteiger partial charge >= 0.3 is 0 Å². The Morgan fingerprint density at radius 3 is 2.06 bits per heavy atom. The fourth-order valence-electron chi connectivity index (χ4n) is 4.35. The Kier molecular flexibility index (Phi) is 5.02. The fourth-order valence-corrected chi connectivity index (χ4v) is 4.35. The topological polar surface area (TPSA) is 136 Å². The lowest BCUT2D eigenvalue weighted by molar-refractivity contribution is -0.385. The van der Waals surface area contributed by atoms with Crippen LogP contribution in [0.3, 0.4) is 0 Å². The van der Waals surface area contributed by atoms with Gasteiger partial charge in [-0.05, 0) is 23.8 Å². The number of nitro benzene ring substituents is 2. The molecule has 2 amide bonds. The van der Waals surface area contributed by atoms with Crippen molar-refractivity contribution in [3.63, 3.8) is 0 Å². The minimum absolute atomic E-state index is 0.157. The maximum atomic E-state index is 13.5. The average molecular weight is 460 g/mol. The molecule has 11 nitrogen and oxygen atoms in total. The van der Waals surface area contributed by atoms with E-state index in [0.29, 0.717) is 11.3 Å². The molecule has 0 radical (unpaired) electrons.